The zero-order valence-electron chi connectivity index (χ0n) is 11.8. The van der Waals surface area contributed by atoms with Gasteiger partial charge in [0.15, 0.2) is 0 Å². The van der Waals surface area contributed by atoms with E-state index in [2.05, 4.69) is 15.3 Å². The quantitative estimate of drug-likeness (QED) is 0.505. The standard InChI is InChI=1S/C13H15ClN4O2S/c1-7(2)10(9-5-4-6-21-9)16-12-11(18(19)20)8(3)15-13(14)17-12/h4-7,10H,1-3H3,(H,15,16,17). The molecule has 112 valence electrons. The molecule has 21 heavy (non-hydrogen) atoms. The number of nitrogens with zero attached hydrogens (tertiary/aromatic N) is 3. The summed E-state index contributed by atoms with van der Waals surface area (Å²) in [6.45, 7) is 5.63. The summed E-state index contributed by atoms with van der Waals surface area (Å²) < 4.78 is 0. The first-order chi connectivity index (χ1) is 9.90. The fourth-order valence-corrected chi connectivity index (χ4v) is 3.19. The van der Waals surface area contributed by atoms with Crippen LogP contribution in [0.4, 0.5) is 11.5 Å². The van der Waals surface area contributed by atoms with Crippen LogP contribution in [0.1, 0.15) is 30.5 Å². The highest BCUT2D eigenvalue weighted by Crippen LogP contribution is 2.34. The number of hydrogen-bond donors (Lipinski definition) is 1. The van der Waals surface area contributed by atoms with Crippen molar-refractivity contribution in [3.05, 3.63) is 43.5 Å². The van der Waals surface area contributed by atoms with Gasteiger partial charge in [-0.15, -0.1) is 11.3 Å². The Labute approximate surface area is 131 Å². The molecule has 0 bridgehead atoms. The van der Waals surface area contributed by atoms with Crippen LogP contribution >= 0.6 is 22.9 Å². The maximum atomic E-state index is 11.2. The van der Waals surface area contributed by atoms with Crippen molar-refractivity contribution in [2.45, 2.75) is 26.8 Å². The van der Waals surface area contributed by atoms with Crippen molar-refractivity contribution in [2.24, 2.45) is 5.92 Å². The Morgan fingerprint density at radius 2 is 2.14 bits per heavy atom. The average Bonchev–Trinajstić information content (AvgIpc) is 2.87. The van der Waals surface area contributed by atoms with E-state index < -0.39 is 4.92 Å². The number of anilines is 1. The summed E-state index contributed by atoms with van der Waals surface area (Å²) in [5.41, 5.74) is 0.109. The molecule has 0 saturated heterocycles. The molecule has 6 nitrogen and oxygen atoms in total. The highest BCUT2D eigenvalue weighted by atomic mass is 35.5. The fraction of sp³-hybridized carbons (Fsp3) is 0.385. The number of nitro groups is 1. The predicted octanol–water partition coefficient (Wildman–Crippen LogP) is 4.22. The maximum Gasteiger partial charge on any atom is 0.332 e. The van der Waals surface area contributed by atoms with E-state index in [0.29, 0.717) is 0 Å². The first kappa shape index (κ1) is 15.7. The number of hydrogen-bond acceptors (Lipinski definition) is 6. The van der Waals surface area contributed by atoms with Crippen LogP contribution in [0.25, 0.3) is 0 Å². The van der Waals surface area contributed by atoms with Crippen LogP contribution < -0.4 is 5.32 Å². The van der Waals surface area contributed by atoms with E-state index in [1.54, 1.807) is 18.3 Å². The topological polar surface area (TPSA) is 81.0 Å². The monoisotopic (exact) mass is 326 g/mol. The van der Waals surface area contributed by atoms with Gasteiger partial charge >= 0.3 is 5.69 Å². The van der Waals surface area contributed by atoms with Gasteiger partial charge in [0.1, 0.15) is 5.69 Å². The van der Waals surface area contributed by atoms with E-state index in [1.807, 2.05) is 31.4 Å². The molecule has 0 aromatic carbocycles. The van der Waals surface area contributed by atoms with Gasteiger partial charge in [-0.1, -0.05) is 19.9 Å². The van der Waals surface area contributed by atoms with Crippen molar-refractivity contribution in [2.75, 3.05) is 5.32 Å². The third kappa shape index (κ3) is 3.48. The Hall–Kier alpha value is -1.73. The number of aromatic nitrogens is 2. The largest absolute Gasteiger partial charge is 0.356 e. The molecule has 0 aliphatic rings. The molecule has 0 radical (unpaired) electrons. The number of nitrogens with one attached hydrogen (secondary N) is 1. The summed E-state index contributed by atoms with van der Waals surface area (Å²) >= 11 is 7.43. The number of rotatable bonds is 5. The molecule has 1 atom stereocenters. The number of aryl methyl sites for hydroxylation is 1. The normalized spacial score (nSPS) is 12.4. The van der Waals surface area contributed by atoms with Crippen LogP contribution in [-0.2, 0) is 0 Å². The fourth-order valence-electron chi connectivity index (χ4n) is 2.03. The lowest BCUT2D eigenvalue weighted by molar-refractivity contribution is -0.385. The van der Waals surface area contributed by atoms with Gasteiger partial charge in [-0.3, -0.25) is 10.1 Å². The molecular formula is C13H15ClN4O2S. The number of halogens is 1. The minimum absolute atomic E-state index is 0.00529. The Morgan fingerprint density at radius 3 is 2.67 bits per heavy atom. The third-order valence-electron chi connectivity index (χ3n) is 3.02. The predicted molar refractivity (Wildman–Crippen MR) is 84.0 cm³/mol. The van der Waals surface area contributed by atoms with Gasteiger partial charge in [0.25, 0.3) is 0 Å². The van der Waals surface area contributed by atoms with E-state index in [0.717, 1.165) is 4.88 Å². The van der Waals surface area contributed by atoms with Gasteiger partial charge in [0.2, 0.25) is 11.1 Å². The van der Waals surface area contributed by atoms with Gasteiger partial charge in [-0.05, 0) is 35.9 Å². The van der Waals surface area contributed by atoms with Crippen LogP contribution in [0.3, 0.4) is 0 Å². The molecule has 0 fully saturated rings. The SMILES string of the molecule is Cc1nc(Cl)nc(NC(c2cccs2)C(C)C)c1[N+](=O)[O-]. The van der Waals surface area contributed by atoms with Gasteiger partial charge in [0, 0.05) is 4.88 Å². The number of thiophene rings is 1. The zero-order valence-corrected chi connectivity index (χ0v) is 13.4. The molecule has 1 unspecified atom stereocenters. The lowest BCUT2D eigenvalue weighted by atomic mass is 10.0. The molecule has 8 heteroatoms. The summed E-state index contributed by atoms with van der Waals surface area (Å²) in [5.74, 6) is 0.391. The third-order valence-corrected chi connectivity index (χ3v) is 4.15. The van der Waals surface area contributed by atoms with Gasteiger partial charge in [-0.25, -0.2) is 4.98 Å². The maximum absolute atomic E-state index is 11.2. The molecule has 2 aromatic heterocycles. The lowest BCUT2D eigenvalue weighted by Crippen LogP contribution is -2.18. The van der Waals surface area contributed by atoms with Crippen molar-refractivity contribution in [3.8, 4) is 0 Å². The molecule has 0 spiro atoms. The highest BCUT2D eigenvalue weighted by molar-refractivity contribution is 7.10. The Bertz CT molecular complexity index is 646. The summed E-state index contributed by atoms with van der Waals surface area (Å²) in [6, 6.07) is 3.86. The smallest absolute Gasteiger partial charge is 0.332 e. The Morgan fingerprint density at radius 1 is 1.43 bits per heavy atom. The zero-order chi connectivity index (χ0) is 15.6. The first-order valence-electron chi connectivity index (χ1n) is 6.38. The van der Waals surface area contributed by atoms with Crippen LogP contribution in [0.2, 0.25) is 5.28 Å². The molecule has 2 aromatic rings. The second kappa shape index (κ2) is 6.36. The molecule has 0 amide bonds. The Kier molecular flexibility index (Phi) is 4.74. The van der Waals surface area contributed by atoms with Crippen molar-refractivity contribution in [1.82, 2.24) is 9.97 Å². The molecular weight excluding hydrogens is 312 g/mol. The van der Waals surface area contributed by atoms with Crippen molar-refractivity contribution < 1.29 is 4.92 Å². The molecule has 2 heterocycles. The first-order valence-corrected chi connectivity index (χ1v) is 7.64. The van der Waals surface area contributed by atoms with Gasteiger partial charge in [-0.2, -0.15) is 4.98 Å². The Balaban J connectivity index is 2.44. The van der Waals surface area contributed by atoms with Crippen LogP contribution in [0.15, 0.2) is 17.5 Å². The molecule has 0 saturated carbocycles. The molecule has 0 aliphatic carbocycles. The lowest BCUT2D eigenvalue weighted by Gasteiger charge is -2.21. The van der Waals surface area contributed by atoms with Crippen LogP contribution in [0.5, 0.6) is 0 Å². The minimum atomic E-state index is -0.486. The molecule has 0 aliphatic heterocycles. The van der Waals surface area contributed by atoms with Crippen LogP contribution in [0, 0.1) is 23.0 Å². The van der Waals surface area contributed by atoms with E-state index in [4.69, 9.17) is 11.6 Å². The van der Waals surface area contributed by atoms with E-state index in [1.165, 1.54) is 0 Å². The van der Waals surface area contributed by atoms with Gasteiger partial charge in [0.05, 0.1) is 11.0 Å². The van der Waals surface area contributed by atoms with Gasteiger partial charge < -0.3 is 5.32 Å². The molecule has 1 N–H and O–H groups in total. The van der Waals surface area contributed by atoms with E-state index in [9.17, 15) is 10.1 Å². The van der Waals surface area contributed by atoms with Crippen molar-refractivity contribution in [3.63, 3.8) is 0 Å². The van der Waals surface area contributed by atoms with E-state index in [-0.39, 0.29) is 34.4 Å². The molecule has 2 rings (SSSR count). The summed E-state index contributed by atoms with van der Waals surface area (Å²) in [5, 5.41) is 16.3. The second-order valence-corrected chi connectivity index (χ2v) is 6.23. The minimum Gasteiger partial charge on any atom is -0.356 e. The summed E-state index contributed by atoms with van der Waals surface area (Å²) in [4.78, 5) is 19.7. The van der Waals surface area contributed by atoms with Crippen LogP contribution in [-0.4, -0.2) is 14.9 Å². The van der Waals surface area contributed by atoms with E-state index >= 15 is 0 Å². The average molecular weight is 327 g/mol. The second-order valence-electron chi connectivity index (χ2n) is 4.91. The van der Waals surface area contributed by atoms with Crippen molar-refractivity contribution >= 4 is 34.4 Å². The summed E-state index contributed by atoms with van der Waals surface area (Å²) in [7, 11) is 0. The van der Waals surface area contributed by atoms with Crippen molar-refractivity contribution in [1.29, 1.82) is 0 Å². The summed E-state index contributed by atoms with van der Waals surface area (Å²) in [6.07, 6.45) is 0. The highest BCUT2D eigenvalue weighted by Gasteiger charge is 2.26.